The highest BCUT2D eigenvalue weighted by Gasteiger charge is 2.36. The maximum absolute atomic E-state index is 13.1. The first-order valence-electron chi connectivity index (χ1n) is 10.2. The standard InChI is InChI=1S/C23H29F3N2O2/c1-16(18-7-4-3-5-8-18)28-22(11-13-30-14-12-22)15-27-17(2)19-9-6-10-20(21(19)29)23(24,25)26/h3-10,16-17,27-29H,11-15H2,1-2H3/t16-,17-/m1/s1. The number of para-hydroxylation sites is 1. The molecule has 7 heteroatoms. The second kappa shape index (κ2) is 9.37. The van der Waals surface area contributed by atoms with Crippen LogP contribution >= 0.6 is 0 Å². The molecule has 0 aromatic heterocycles. The van der Waals surface area contributed by atoms with Crippen LogP contribution in [0.25, 0.3) is 0 Å². The molecular formula is C23H29F3N2O2. The normalized spacial score (nSPS) is 18.7. The highest BCUT2D eigenvalue weighted by molar-refractivity contribution is 5.43. The molecule has 2 atom stereocenters. The molecule has 164 valence electrons. The van der Waals surface area contributed by atoms with Crippen LogP contribution in [-0.2, 0) is 10.9 Å². The zero-order valence-electron chi connectivity index (χ0n) is 17.3. The van der Waals surface area contributed by atoms with E-state index in [1.54, 1.807) is 6.92 Å². The molecular weight excluding hydrogens is 393 g/mol. The molecule has 0 bridgehead atoms. The Hall–Kier alpha value is -2.09. The highest BCUT2D eigenvalue weighted by Crippen LogP contribution is 2.39. The van der Waals surface area contributed by atoms with Crippen LogP contribution in [0.1, 0.15) is 55.5 Å². The van der Waals surface area contributed by atoms with Crippen molar-refractivity contribution in [2.24, 2.45) is 0 Å². The van der Waals surface area contributed by atoms with Crippen LogP contribution in [0.2, 0.25) is 0 Å². The second-order valence-electron chi connectivity index (χ2n) is 8.01. The number of benzene rings is 2. The summed E-state index contributed by atoms with van der Waals surface area (Å²) >= 11 is 0. The lowest BCUT2D eigenvalue weighted by molar-refractivity contribution is -0.138. The van der Waals surface area contributed by atoms with Gasteiger partial charge in [0.15, 0.2) is 0 Å². The summed E-state index contributed by atoms with van der Waals surface area (Å²) in [5.41, 5.74) is 0.152. The van der Waals surface area contributed by atoms with Gasteiger partial charge in [0.1, 0.15) is 5.75 Å². The quantitative estimate of drug-likeness (QED) is 0.590. The molecule has 1 heterocycles. The third-order valence-corrected chi connectivity index (χ3v) is 5.86. The van der Waals surface area contributed by atoms with Gasteiger partial charge in [0.25, 0.3) is 0 Å². The summed E-state index contributed by atoms with van der Waals surface area (Å²) in [5, 5.41) is 17.3. The smallest absolute Gasteiger partial charge is 0.419 e. The molecule has 1 saturated heterocycles. The summed E-state index contributed by atoms with van der Waals surface area (Å²) in [4.78, 5) is 0. The summed E-state index contributed by atoms with van der Waals surface area (Å²) < 4.78 is 44.9. The minimum atomic E-state index is -4.59. The van der Waals surface area contributed by atoms with Crippen molar-refractivity contribution in [1.29, 1.82) is 0 Å². The topological polar surface area (TPSA) is 53.5 Å². The first kappa shape index (κ1) is 22.6. The van der Waals surface area contributed by atoms with Gasteiger partial charge >= 0.3 is 6.18 Å². The lowest BCUT2D eigenvalue weighted by Crippen LogP contribution is -2.56. The molecule has 30 heavy (non-hydrogen) atoms. The summed E-state index contributed by atoms with van der Waals surface area (Å²) in [7, 11) is 0. The molecule has 1 fully saturated rings. The summed E-state index contributed by atoms with van der Waals surface area (Å²) in [6.07, 6.45) is -3.01. The van der Waals surface area contributed by atoms with Gasteiger partial charge in [0.05, 0.1) is 5.56 Å². The van der Waals surface area contributed by atoms with Crippen LogP contribution in [0.15, 0.2) is 48.5 Å². The minimum Gasteiger partial charge on any atom is -0.507 e. The Balaban J connectivity index is 1.73. The lowest BCUT2D eigenvalue weighted by Gasteiger charge is -2.41. The first-order chi connectivity index (χ1) is 14.2. The Morgan fingerprint density at radius 2 is 1.67 bits per heavy atom. The average molecular weight is 422 g/mol. The molecule has 0 unspecified atom stereocenters. The van der Waals surface area contributed by atoms with Gasteiger partial charge in [-0.15, -0.1) is 0 Å². The number of nitrogens with one attached hydrogen (secondary N) is 2. The van der Waals surface area contributed by atoms with Crippen LogP contribution < -0.4 is 10.6 Å². The fourth-order valence-electron chi connectivity index (χ4n) is 4.02. The predicted molar refractivity (Wildman–Crippen MR) is 110 cm³/mol. The Morgan fingerprint density at radius 1 is 1.00 bits per heavy atom. The maximum atomic E-state index is 13.1. The Kier molecular flexibility index (Phi) is 7.06. The molecule has 2 aromatic rings. The van der Waals surface area contributed by atoms with Crippen molar-refractivity contribution in [2.75, 3.05) is 19.8 Å². The van der Waals surface area contributed by atoms with E-state index in [1.165, 1.54) is 17.7 Å². The van der Waals surface area contributed by atoms with E-state index < -0.39 is 23.5 Å². The largest absolute Gasteiger partial charge is 0.507 e. The minimum absolute atomic E-state index is 0.114. The van der Waals surface area contributed by atoms with Crippen molar-refractivity contribution in [3.8, 4) is 5.75 Å². The number of alkyl halides is 3. The van der Waals surface area contributed by atoms with Crippen molar-refractivity contribution >= 4 is 0 Å². The Morgan fingerprint density at radius 3 is 2.30 bits per heavy atom. The van der Waals surface area contributed by atoms with Crippen molar-refractivity contribution in [3.63, 3.8) is 0 Å². The van der Waals surface area contributed by atoms with E-state index in [2.05, 4.69) is 29.7 Å². The van der Waals surface area contributed by atoms with Crippen LogP contribution in [0, 0.1) is 0 Å². The van der Waals surface area contributed by atoms with Crippen LogP contribution in [0.3, 0.4) is 0 Å². The zero-order chi connectivity index (χ0) is 21.8. The predicted octanol–water partition coefficient (Wildman–Crippen LogP) is 4.96. The van der Waals surface area contributed by atoms with Gasteiger partial charge in [0, 0.05) is 42.9 Å². The maximum Gasteiger partial charge on any atom is 0.419 e. The molecule has 4 nitrogen and oxygen atoms in total. The molecule has 0 amide bonds. The highest BCUT2D eigenvalue weighted by atomic mass is 19.4. The molecule has 0 spiro atoms. The number of halogens is 3. The molecule has 0 saturated carbocycles. The monoisotopic (exact) mass is 422 g/mol. The molecule has 0 radical (unpaired) electrons. The fraction of sp³-hybridized carbons (Fsp3) is 0.478. The molecule has 1 aliphatic rings. The average Bonchev–Trinajstić information content (AvgIpc) is 2.73. The van der Waals surface area contributed by atoms with E-state index in [0.717, 1.165) is 18.9 Å². The number of hydrogen-bond donors (Lipinski definition) is 3. The number of phenols is 1. The summed E-state index contributed by atoms with van der Waals surface area (Å²) in [5.74, 6) is -0.711. The van der Waals surface area contributed by atoms with Crippen LogP contribution in [-0.4, -0.2) is 30.4 Å². The molecule has 0 aliphatic carbocycles. The number of phenolic OH excluding ortho intramolecular Hbond substituents is 1. The molecule has 3 N–H and O–H groups in total. The van der Waals surface area contributed by atoms with Crippen LogP contribution in [0.4, 0.5) is 13.2 Å². The molecule has 2 aromatic carbocycles. The van der Waals surface area contributed by atoms with E-state index in [0.29, 0.717) is 19.8 Å². The number of ether oxygens (including phenoxy) is 1. The fourth-order valence-corrected chi connectivity index (χ4v) is 4.02. The summed E-state index contributed by atoms with van der Waals surface area (Å²) in [6.45, 7) is 5.67. The Bertz CT molecular complexity index is 821. The third kappa shape index (κ3) is 5.33. The van der Waals surface area contributed by atoms with E-state index >= 15 is 0 Å². The SMILES string of the molecule is C[C@@H](NC1(CN[C@H](C)c2cccc(C(F)(F)F)c2O)CCOCC1)c1ccccc1. The Labute approximate surface area is 175 Å². The van der Waals surface area contributed by atoms with Crippen molar-refractivity contribution < 1.29 is 23.0 Å². The van der Waals surface area contributed by atoms with Gasteiger partial charge in [-0.1, -0.05) is 42.5 Å². The lowest BCUT2D eigenvalue weighted by atomic mass is 9.87. The first-order valence-corrected chi connectivity index (χ1v) is 10.2. The van der Waals surface area contributed by atoms with E-state index in [1.807, 2.05) is 18.2 Å². The second-order valence-corrected chi connectivity index (χ2v) is 8.01. The number of hydrogen-bond acceptors (Lipinski definition) is 4. The number of aromatic hydroxyl groups is 1. The zero-order valence-corrected chi connectivity index (χ0v) is 17.3. The van der Waals surface area contributed by atoms with Gasteiger partial charge in [-0.3, -0.25) is 0 Å². The third-order valence-electron chi connectivity index (χ3n) is 5.86. The molecule has 3 rings (SSSR count). The van der Waals surface area contributed by atoms with E-state index in [-0.39, 0.29) is 17.1 Å². The van der Waals surface area contributed by atoms with Crippen LogP contribution in [0.5, 0.6) is 5.75 Å². The van der Waals surface area contributed by atoms with Crippen molar-refractivity contribution in [1.82, 2.24) is 10.6 Å². The summed E-state index contributed by atoms with van der Waals surface area (Å²) in [6, 6.07) is 13.5. The van der Waals surface area contributed by atoms with E-state index in [9.17, 15) is 18.3 Å². The van der Waals surface area contributed by atoms with Crippen molar-refractivity contribution in [2.45, 2.75) is 50.5 Å². The van der Waals surface area contributed by atoms with Gasteiger partial charge < -0.3 is 20.5 Å². The van der Waals surface area contributed by atoms with Gasteiger partial charge in [-0.25, -0.2) is 0 Å². The number of rotatable bonds is 7. The van der Waals surface area contributed by atoms with Crippen molar-refractivity contribution in [3.05, 3.63) is 65.2 Å². The van der Waals surface area contributed by atoms with E-state index in [4.69, 9.17) is 4.74 Å². The van der Waals surface area contributed by atoms with Gasteiger partial charge in [0.2, 0.25) is 0 Å². The molecule has 1 aliphatic heterocycles. The van der Waals surface area contributed by atoms with Gasteiger partial charge in [-0.2, -0.15) is 13.2 Å². The van der Waals surface area contributed by atoms with Gasteiger partial charge in [-0.05, 0) is 38.3 Å².